The number of rotatable bonds is 5. The van der Waals surface area contributed by atoms with Crippen LogP contribution >= 0.6 is 0 Å². The highest BCUT2D eigenvalue weighted by Crippen LogP contribution is 2.20. The van der Waals surface area contributed by atoms with Gasteiger partial charge in [0, 0.05) is 6.54 Å². The Hall–Kier alpha value is -1.14. The fourth-order valence-electron chi connectivity index (χ4n) is 1.98. The van der Waals surface area contributed by atoms with Gasteiger partial charge < -0.3 is 19.4 Å². The van der Waals surface area contributed by atoms with Crippen LogP contribution in [-0.2, 0) is 4.74 Å². The summed E-state index contributed by atoms with van der Waals surface area (Å²) >= 11 is 0. The van der Waals surface area contributed by atoms with Gasteiger partial charge in [0.1, 0.15) is 0 Å². The van der Waals surface area contributed by atoms with E-state index >= 15 is 0 Å². The van der Waals surface area contributed by atoms with Crippen LogP contribution in [0.25, 0.3) is 0 Å². The van der Waals surface area contributed by atoms with Crippen molar-refractivity contribution in [2.75, 3.05) is 31.2 Å². The molecule has 2 heterocycles. The summed E-state index contributed by atoms with van der Waals surface area (Å²) in [5.41, 5.74) is 0. The predicted octanol–water partition coefficient (Wildman–Crippen LogP) is 1.36. The van der Waals surface area contributed by atoms with Crippen molar-refractivity contribution in [2.24, 2.45) is 0 Å². The molecule has 0 aliphatic carbocycles. The lowest BCUT2D eigenvalue weighted by atomic mass is 10.3. The maximum absolute atomic E-state index is 5.74. The summed E-state index contributed by atoms with van der Waals surface area (Å²) in [4.78, 5) is 2.10. The highest BCUT2D eigenvalue weighted by atomic mass is 16.5. The van der Waals surface area contributed by atoms with Crippen LogP contribution in [0, 0.1) is 0 Å². The van der Waals surface area contributed by atoms with E-state index in [0.29, 0.717) is 25.1 Å². The van der Waals surface area contributed by atoms with Gasteiger partial charge in [0.2, 0.25) is 5.89 Å². The van der Waals surface area contributed by atoms with Gasteiger partial charge in [-0.25, -0.2) is 0 Å². The van der Waals surface area contributed by atoms with Crippen molar-refractivity contribution in [3.8, 4) is 0 Å². The Labute approximate surface area is 108 Å². The molecule has 0 aromatic carbocycles. The first kappa shape index (κ1) is 13.3. The highest BCUT2D eigenvalue weighted by molar-refractivity contribution is 5.27. The zero-order valence-electron chi connectivity index (χ0n) is 11.3. The molecule has 1 saturated heterocycles. The maximum Gasteiger partial charge on any atom is 0.318 e. The fourth-order valence-corrected chi connectivity index (χ4v) is 1.98. The molecule has 0 saturated carbocycles. The van der Waals surface area contributed by atoms with Gasteiger partial charge in [-0.2, -0.15) is 0 Å². The largest absolute Gasteiger partial charge is 0.406 e. The first-order valence-electron chi connectivity index (χ1n) is 6.63. The Kier molecular flexibility index (Phi) is 4.54. The van der Waals surface area contributed by atoms with E-state index in [1.54, 1.807) is 0 Å². The molecule has 0 radical (unpaired) electrons. The van der Waals surface area contributed by atoms with Crippen LogP contribution < -0.4 is 10.2 Å². The van der Waals surface area contributed by atoms with E-state index in [-0.39, 0.29) is 12.1 Å². The third-order valence-electron chi connectivity index (χ3n) is 3.11. The standard InChI is InChI=1S/C12H22N4O2/c1-4-5-13-10(3)11-14-15-12(18-11)16-6-7-17-8-9(16)2/h9-10,13H,4-8H2,1-3H3. The summed E-state index contributed by atoms with van der Waals surface area (Å²) in [5, 5.41) is 11.6. The minimum atomic E-state index is 0.0996. The molecule has 2 unspecified atom stereocenters. The second-order valence-corrected chi connectivity index (χ2v) is 4.72. The Morgan fingerprint density at radius 2 is 2.33 bits per heavy atom. The van der Waals surface area contributed by atoms with E-state index in [2.05, 4.69) is 34.3 Å². The molecule has 2 atom stereocenters. The molecule has 1 aliphatic rings. The molecule has 102 valence electrons. The van der Waals surface area contributed by atoms with Crippen molar-refractivity contribution in [1.82, 2.24) is 15.5 Å². The normalized spacial score (nSPS) is 22.2. The Balaban J connectivity index is 2.00. The van der Waals surface area contributed by atoms with E-state index in [9.17, 15) is 0 Å². The van der Waals surface area contributed by atoms with E-state index in [4.69, 9.17) is 9.15 Å². The van der Waals surface area contributed by atoms with E-state index < -0.39 is 0 Å². The first-order chi connectivity index (χ1) is 8.72. The number of anilines is 1. The quantitative estimate of drug-likeness (QED) is 0.856. The molecule has 1 aromatic heterocycles. The van der Waals surface area contributed by atoms with Gasteiger partial charge in [-0.3, -0.25) is 0 Å². The van der Waals surface area contributed by atoms with Crippen LogP contribution in [0.4, 0.5) is 6.01 Å². The number of morpholine rings is 1. The summed E-state index contributed by atoms with van der Waals surface area (Å²) in [6.07, 6.45) is 1.09. The van der Waals surface area contributed by atoms with Crippen LogP contribution in [0.15, 0.2) is 4.42 Å². The summed E-state index contributed by atoms with van der Waals surface area (Å²) in [7, 11) is 0. The van der Waals surface area contributed by atoms with Crippen LogP contribution in [0.3, 0.4) is 0 Å². The number of hydrogen-bond donors (Lipinski definition) is 1. The molecule has 1 fully saturated rings. The lowest BCUT2D eigenvalue weighted by Crippen LogP contribution is -2.43. The van der Waals surface area contributed by atoms with Crippen LogP contribution in [-0.4, -0.2) is 42.5 Å². The van der Waals surface area contributed by atoms with Crippen molar-refractivity contribution in [3.05, 3.63) is 5.89 Å². The van der Waals surface area contributed by atoms with Crippen LogP contribution in [0.2, 0.25) is 0 Å². The summed E-state index contributed by atoms with van der Waals surface area (Å²) in [6, 6.07) is 0.986. The zero-order valence-corrected chi connectivity index (χ0v) is 11.3. The van der Waals surface area contributed by atoms with Gasteiger partial charge in [0.15, 0.2) is 0 Å². The summed E-state index contributed by atoms with van der Waals surface area (Å²) in [5.74, 6) is 0.650. The van der Waals surface area contributed by atoms with Gasteiger partial charge in [-0.1, -0.05) is 12.0 Å². The van der Waals surface area contributed by atoms with Crippen molar-refractivity contribution < 1.29 is 9.15 Å². The minimum absolute atomic E-state index is 0.0996. The highest BCUT2D eigenvalue weighted by Gasteiger charge is 2.24. The molecule has 6 heteroatoms. The second-order valence-electron chi connectivity index (χ2n) is 4.72. The number of hydrogen-bond acceptors (Lipinski definition) is 6. The molecule has 1 aromatic rings. The van der Waals surface area contributed by atoms with E-state index in [1.165, 1.54) is 0 Å². The molecule has 1 N–H and O–H groups in total. The molecular weight excluding hydrogens is 232 g/mol. The zero-order chi connectivity index (χ0) is 13.0. The topological polar surface area (TPSA) is 63.4 Å². The van der Waals surface area contributed by atoms with E-state index in [1.807, 2.05) is 6.92 Å². The van der Waals surface area contributed by atoms with Gasteiger partial charge in [-0.05, 0) is 26.8 Å². The Bertz CT molecular complexity index is 369. The third kappa shape index (κ3) is 3.00. The number of nitrogens with zero attached hydrogens (tertiary/aromatic N) is 3. The molecule has 0 amide bonds. The summed E-state index contributed by atoms with van der Waals surface area (Å²) in [6.45, 7) is 9.45. The second kappa shape index (κ2) is 6.15. The minimum Gasteiger partial charge on any atom is -0.406 e. The maximum atomic E-state index is 5.74. The molecule has 6 nitrogen and oxygen atoms in total. The van der Waals surface area contributed by atoms with E-state index in [0.717, 1.165) is 19.5 Å². The monoisotopic (exact) mass is 254 g/mol. The number of nitrogens with one attached hydrogen (secondary N) is 1. The smallest absolute Gasteiger partial charge is 0.318 e. The number of aromatic nitrogens is 2. The van der Waals surface area contributed by atoms with Gasteiger partial charge in [-0.15, -0.1) is 5.10 Å². The predicted molar refractivity (Wildman–Crippen MR) is 68.6 cm³/mol. The summed E-state index contributed by atoms with van der Waals surface area (Å²) < 4.78 is 11.1. The van der Waals surface area contributed by atoms with Crippen molar-refractivity contribution in [3.63, 3.8) is 0 Å². The van der Waals surface area contributed by atoms with Gasteiger partial charge in [0.05, 0.1) is 25.3 Å². The fraction of sp³-hybridized carbons (Fsp3) is 0.833. The average Bonchev–Trinajstić information content (AvgIpc) is 2.86. The van der Waals surface area contributed by atoms with Crippen LogP contribution in [0.5, 0.6) is 0 Å². The lowest BCUT2D eigenvalue weighted by Gasteiger charge is -2.31. The molecule has 0 spiro atoms. The van der Waals surface area contributed by atoms with Crippen molar-refractivity contribution >= 4 is 6.01 Å². The van der Waals surface area contributed by atoms with Crippen molar-refractivity contribution in [1.29, 1.82) is 0 Å². The average molecular weight is 254 g/mol. The van der Waals surface area contributed by atoms with Crippen LogP contribution in [0.1, 0.15) is 39.1 Å². The molecule has 2 rings (SSSR count). The number of ether oxygens (including phenoxy) is 1. The SMILES string of the molecule is CCCNC(C)c1nnc(N2CCOCC2C)o1. The Morgan fingerprint density at radius 1 is 1.50 bits per heavy atom. The Morgan fingerprint density at radius 3 is 3.06 bits per heavy atom. The first-order valence-corrected chi connectivity index (χ1v) is 6.63. The molecular formula is C12H22N4O2. The molecule has 18 heavy (non-hydrogen) atoms. The van der Waals surface area contributed by atoms with Crippen molar-refractivity contribution in [2.45, 2.75) is 39.3 Å². The molecule has 1 aliphatic heterocycles. The third-order valence-corrected chi connectivity index (χ3v) is 3.11. The lowest BCUT2D eigenvalue weighted by molar-refractivity contribution is 0.0959. The molecule has 0 bridgehead atoms. The van der Waals surface area contributed by atoms with Gasteiger partial charge >= 0.3 is 6.01 Å². The van der Waals surface area contributed by atoms with Gasteiger partial charge in [0.25, 0.3) is 0 Å².